The van der Waals surface area contributed by atoms with Crippen molar-refractivity contribution >= 4 is 61.9 Å². The van der Waals surface area contributed by atoms with Crippen molar-refractivity contribution in [3.8, 4) is 0 Å². The lowest BCUT2D eigenvalue weighted by molar-refractivity contribution is -0.119. The number of halogens is 4. The fraction of sp³-hybridized carbons (Fsp3) is 0.118. The molecule has 0 atom stereocenters. The van der Waals surface area contributed by atoms with E-state index in [2.05, 4.69) is 10.3 Å². The summed E-state index contributed by atoms with van der Waals surface area (Å²) in [6.07, 6.45) is 1.82. The monoisotopic (exact) mass is 446 g/mol. The predicted octanol–water partition coefficient (Wildman–Crippen LogP) is 4.88. The van der Waals surface area contributed by atoms with Gasteiger partial charge in [-0.25, -0.2) is 22.9 Å². The summed E-state index contributed by atoms with van der Waals surface area (Å²) in [5, 5.41) is 2.36. The quantitative estimate of drug-likeness (QED) is 0.343. The smallest absolute Gasteiger partial charge is 0.340 e. The highest BCUT2D eigenvalue weighted by molar-refractivity contribution is 7.98. The van der Waals surface area contributed by atoms with Crippen LogP contribution in [0.1, 0.15) is 10.4 Å². The minimum absolute atomic E-state index is 0.0179. The number of amides is 1. The van der Waals surface area contributed by atoms with Gasteiger partial charge in [0.25, 0.3) is 5.91 Å². The van der Waals surface area contributed by atoms with Crippen molar-refractivity contribution in [2.45, 2.75) is 4.90 Å². The number of thioether (sulfide) groups is 1. The van der Waals surface area contributed by atoms with Crippen LogP contribution in [-0.2, 0) is 9.53 Å². The Morgan fingerprint density at radius 3 is 2.71 bits per heavy atom. The SMILES string of the molecule is CSc1ccc(Cl)c(C(=O)OCC(=O)Nc2nc3c(F)c(F)c(F)cc3s2)c1. The number of thiazole rings is 1. The molecule has 1 heterocycles. The van der Waals surface area contributed by atoms with Crippen molar-refractivity contribution < 1.29 is 27.5 Å². The van der Waals surface area contributed by atoms with Gasteiger partial charge in [0, 0.05) is 4.90 Å². The Labute approximate surface area is 169 Å². The highest BCUT2D eigenvalue weighted by Gasteiger charge is 2.19. The lowest BCUT2D eigenvalue weighted by Gasteiger charge is -2.07. The lowest BCUT2D eigenvalue weighted by atomic mass is 10.2. The topological polar surface area (TPSA) is 68.3 Å². The van der Waals surface area contributed by atoms with Gasteiger partial charge in [-0.3, -0.25) is 10.1 Å². The average Bonchev–Trinajstić information content (AvgIpc) is 3.07. The van der Waals surface area contributed by atoms with Gasteiger partial charge in [-0.05, 0) is 30.5 Å². The summed E-state index contributed by atoms with van der Waals surface area (Å²) >= 11 is 8.11. The molecule has 146 valence electrons. The van der Waals surface area contributed by atoms with Gasteiger partial charge in [-0.15, -0.1) is 11.8 Å². The van der Waals surface area contributed by atoms with Gasteiger partial charge >= 0.3 is 5.97 Å². The molecule has 28 heavy (non-hydrogen) atoms. The van der Waals surface area contributed by atoms with E-state index in [9.17, 15) is 22.8 Å². The van der Waals surface area contributed by atoms with Crippen LogP contribution in [0.15, 0.2) is 29.2 Å². The Morgan fingerprint density at radius 1 is 1.25 bits per heavy atom. The molecule has 3 rings (SSSR count). The second-order valence-electron chi connectivity index (χ2n) is 5.32. The van der Waals surface area contributed by atoms with Gasteiger partial charge in [0.2, 0.25) is 0 Å². The van der Waals surface area contributed by atoms with Crippen LogP contribution in [0.5, 0.6) is 0 Å². The number of carbonyl (C=O) groups is 2. The molecule has 1 N–H and O–H groups in total. The third kappa shape index (κ3) is 4.23. The maximum absolute atomic E-state index is 13.7. The molecule has 0 spiro atoms. The number of ether oxygens (including phenoxy) is 1. The van der Waals surface area contributed by atoms with Crippen LogP contribution in [0.4, 0.5) is 18.3 Å². The average molecular weight is 447 g/mol. The number of carbonyl (C=O) groups excluding carboxylic acids is 2. The van der Waals surface area contributed by atoms with Crippen molar-refractivity contribution in [3.63, 3.8) is 0 Å². The van der Waals surface area contributed by atoms with Crippen molar-refractivity contribution in [1.82, 2.24) is 4.98 Å². The first-order valence-corrected chi connectivity index (χ1v) is 9.96. The molecule has 0 saturated heterocycles. The number of nitrogens with zero attached hydrogens (tertiary/aromatic N) is 1. The van der Waals surface area contributed by atoms with E-state index in [4.69, 9.17) is 16.3 Å². The largest absolute Gasteiger partial charge is 0.452 e. The fourth-order valence-electron chi connectivity index (χ4n) is 2.18. The number of esters is 1. The molecule has 0 bridgehead atoms. The van der Waals surface area contributed by atoms with Crippen LogP contribution in [0, 0.1) is 17.5 Å². The Kier molecular flexibility index (Phi) is 6.11. The van der Waals surface area contributed by atoms with Gasteiger partial charge in [-0.1, -0.05) is 22.9 Å². The van der Waals surface area contributed by atoms with Crippen LogP contribution in [0.2, 0.25) is 5.02 Å². The van der Waals surface area contributed by atoms with E-state index < -0.39 is 41.5 Å². The summed E-state index contributed by atoms with van der Waals surface area (Å²) in [6, 6.07) is 5.58. The summed E-state index contributed by atoms with van der Waals surface area (Å²) in [7, 11) is 0. The Balaban J connectivity index is 1.67. The normalized spacial score (nSPS) is 10.9. The first-order valence-electron chi connectivity index (χ1n) is 7.54. The van der Waals surface area contributed by atoms with Crippen molar-refractivity contribution in [2.75, 3.05) is 18.2 Å². The molecule has 0 aliphatic carbocycles. The molecular weight excluding hydrogens is 437 g/mol. The zero-order chi connectivity index (χ0) is 20.4. The second-order valence-corrected chi connectivity index (χ2v) is 7.64. The van der Waals surface area contributed by atoms with E-state index in [0.29, 0.717) is 0 Å². The Hall–Kier alpha value is -2.30. The fourth-order valence-corrected chi connectivity index (χ4v) is 3.72. The van der Waals surface area contributed by atoms with Crippen molar-refractivity contribution in [3.05, 3.63) is 52.3 Å². The molecule has 11 heteroatoms. The summed E-state index contributed by atoms with van der Waals surface area (Å²) in [6.45, 7) is -0.653. The molecule has 5 nitrogen and oxygen atoms in total. The van der Waals surface area contributed by atoms with E-state index in [0.717, 1.165) is 22.3 Å². The zero-order valence-corrected chi connectivity index (χ0v) is 16.4. The number of fused-ring (bicyclic) bond motifs is 1. The van der Waals surface area contributed by atoms with Crippen molar-refractivity contribution in [1.29, 1.82) is 0 Å². The summed E-state index contributed by atoms with van der Waals surface area (Å²) in [4.78, 5) is 28.6. The molecule has 0 radical (unpaired) electrons. The number of hydrogen-bond acceptors (Lipinski definition) is 6. The van der Waals surface area contributed by atoms with E-state index in [1.807, 2.05) is 6.26 Å². The second kappa shape index (κ2) is 8.38. The Morgan fingerprint density at radius 2 is 2.00 bits per heavy atom. The van der Waals surface area contributed by atoms with E-state index in [-0.39, 0.29) is 20.4 Å². The molecule has 0 unspecified atom stereocenters. The molecule has 2 aromatic carbocycles. The summed E-state index contributed by atoms with van der Waals surface area (Å²) in [5.41, 5.74) is -0.300. The number of anilines is 1. The third-order valence-electron chi connectivity index (χ3n) is 3.50. The van der Waals surface area contributed by atoms with Crippen LogP contribution < -0.4 is 5.32 Å². The highest BCUT2D eigenvalue weighted by Crippen LogP contribution is 2.30. The minimum Gasteiger partial charge on any atom is -0.452 e. The molecule has 1 aromatic heterocycles. The first kappa shape index (κ1) is 20.4. The van der Waals surface area contributed by atoms with Crippen LogP contribution in [-0.4, -0.2) is 29.7 Å². The van der Waals surface area contributed by atoms with Crippen molar-refractivity contribution in [2.24, 2.45) is 0 Å². The van der Waals surface area contributed by atoms with E-state index in [1.54, 1.807) is 6.07 Å². The molecular formula is C17H10ClF3N2O3S2. The van der Waals surface area contributed by atoms with Gasteiger partial charge < -0.3 is 4.74 Å². The van der Waals surface area contributed by atoms with Crippen LogP contribution in [0.3, 0.4) is 0 Å². The maximum atomic E-state index is 13.7. The minimum atomic E-state index is -1.64. The predicted molar refractivity (Wildman–Crippen MR) is 102 cm³/mol. The molecule has 0 aliphatic heterocycles. The maximum Gasteiger partial charge on any atom is 0.340 e. The van der Waals surface area contributed by atoms with Gasteiger partial charge in [0.05, 0.1) is 15.3 Å². The van der Waals surface area contributed by atoms with Gasteiger partial charge in [0.1, 0.15) is 5.52 Å². The molecule has 1 amide bonds. The third-order valence-corrected chi connectivity index (χ3v) is 5.47. The Bertz CT molecular complexity index is 1090. The standard InChI is InChI=1S/C17H10ClF3N2O3S2/c1-27-7-2-3-9(18)8(4-7)16(25)26-6-12(24)22-17-23-15-11(28-17)5-10(19)13(20)14(15)21/h2-5H,6H2,1H3,(H,22,23,24). The number of benzene rings is 2. The molecule has 0 aliphatic rings. The van der Waals surface area contributed by atoms with Gasteiger partial charge in [0.15, 0.2) is 29.2 Å². The van der Waals surface area contributed by atoms with E-state index >= 15 is 0 Å². The first-order chi connectivity index (χ1) is 13.3. The molecule has 3 aromatic rings. The number of rotatable bonds is 5. The van der Waals surface area contributed by atoms with E-state index in [1.165, 1.54) is 23.9 Å². The van der Waals surface area contributed by atoms with Crippen LogP contribution in [0.25, 0.3) is 10.2 Å². The van der Waals surface area contributed by atoms with Gasteiger partial charge in [-0.2, -0.15) is 0 Å². The highest BCUT2D eigenvalue weighted by atomic mass is 35.5. The number of aromatic nitrogens is 1. The molecule has 0 saturated carbocycles. The summed E-state index contributed by atoms with van der Waals surface area (Å²) < 4.78 is 45.1. The lowest BCUT2D eigenvalue weighted by Crippen LogP contribution is -2.21. The van der Waals surface area contributed by atoms with Crippen LogP contribution >= 0.6 is 34.7 Å². The summed E-state index contributed by atoms with van der Waals surface area (Å²) in [5.74, 6) is -6.00. The number of hydrogen-bond donors (Lipinski definition) is 1. The zero-order valence-electron chi connectivity index (χ0n) is 14.0. The number of nitrogens with one attached hydrogen (secondary N) is 1. The molecule has 0 fully saturated rings.